The fourth-order valence-corrected chi connectivity index (χ4v) is 8.79. The predicted octanol–water partition coefficient (Wildman–Crippen LogP) is 8.04. The molecular weight excluding hydrogens is 1180 g/mol. The molecule has 24 nitrogen and oxygen atoms in total. The minimum atomic E-state index is -3.99. The highest BCUT2D eigenvalue weighted by Gasteiger charge is 2.13. The maximum absolute atomic E-state index is 11.1. The average molecular weight is 1320 g/mol. The van der Waals surface area contributed by atoms with Crippen molar-refractivity contribution in [2.24, 2.45) is 0 Å². The van der Waals surface area contributed by atoms with Gasteiger partial charge in [-0.25, -0.2) is 0 Å². The molecule has 536 valence electrons. The maximum atomic E-state index is 11.1. The summed E-state index contributed by atoms with van der Waals surface area (Å²) in [6.07, 6.45) is 21.8. The number of hydrogen-bond acceptors (Lipinski definition) is 23. The Bertz CT molecular complexity index is 1400. The molecule has 0 saturated carbocycles. The fraction of sp³-hybridized carbons (Fsp3) is 1.00. The third-order valence-electron chi connectivity index (χ3n) is 13.2. The summed E-state index contributed by atoms with van der Waals surface area (Å²) in [5.74, 6) is -0.307. The number of methoxy groups -OCH3 is 1. The maximum Gasteiger partial charge on any atom is 0.264 e. The Morgan fingerprint density at radius 1 is 0.247 bits per heavy atom. The minimum absolute atomic E-state index is 0.0139. The van der Waals surface area contributed by atoms with Crippen LogP contribution in [0.1, 0.15) is 136 Å². The summed E-state index contributed by atoms with van der Waals surface area (Å²) in [4.78, 5) is 0. The van der Waals surface area contributed by atoms with Gasteiger partial charge in [-0.05, 0) is 19.3 Å². The van der Waals surface area contributed by atoms with Crippen LogP contribution in [0.2, 0.25) is 0 Å². The van der Waals surface area contributed by atoms with E-state index in [0.717, 1.165) is 32.1 Å². The third-order valence-corrected chi connectivity index (χ3v) is 14.0. The fourth-order valence-electron chi connectivity index (χ4n) is 8.30. The van der Waals surface area contributed by atoms with E-state index in [-0.39, 0.29) is 31.0 Å². The van der Waals surface area contributed by atoms with Crippen LogP contribution in [-0.4, -0.2) is 296 Å². The second-order valence-corrected chi connectivity index (χ2v) is 22.7. The van der Waals surface area contributed by atoms with Crippen LogP contribution >= 0.6 is 0 Å². The molecule has 2 unspecified atom stereocenters. The molecule has 0 rings (SSSR count). The Balaban J connectivity index is 3.74. The number of hydrogen-bond donors (Lipinski definition) is 1. The Hall–Kier alpha value is -0.930. The lowest BCUT2D eigenvalue weighted by molar-refractivity contribution is -0.0671. The van der Waals surface area contributed by atoms with Gasteiger partial charge in [0.25, 0.3) is 10.1 Å². The lowest BCUT2D eigenvalue weighted by Gasteiger charge is -2.19. The first kappa shape index (κ1) is 88.1. The van der Waals surface area contributed by atoms with Crippen LogP contribution in [0.25, 0.3) is 0 Å². The normalized spacial score (nSPS) is 12.7. The molecule has 0 aromatic heterocycles. The van der Waals surface area contributed by atoms with E-state index in [0.29, 0.717) is 251 Å². The minimum Gasteiger partial charge on any atom is -0.382 e. The lowest BCUT2D eigenvalue weighted by Crippen LogP contribution is -2.25. The summed E-state index contributed by atoms with van der Waals surface area (Å²) in [5.41, 5.74) is 0. The van der Waals surface area contributed by atoms with Gasteiger partial charge in [-0.3, -0.25) is 4.55 Å². The summed E-state index contributed by atoms with van der Waals surface area (Å²) in [5, 5.41) is 0. The summed E-state index contributed by atoms with van der Waals surface area (Å²) in [6.45, 7) is 23.4. The molecule has 0 heterocycles. The first-order valence-corrected chi connectivity index (χ1v) is 35.6. The molecule has 0 saturated heterocycles. The molecule has 0 fully saturated rings. The van der Waals surface area contributed by atoms with E-state index in [4.69, 9.17) is 104 Å². The zero-order valence-corrected chi connectivity index (χ0v) is 56.9. The van der Waals surface area contributed by atoms with Crippen LogP contribution in [0.15, 0.2) is 0 Å². The van der Waals surface area contributed by atoms with E-state index in [1.165, 1.54) is 83.5 Å². The summed E-state index contributed by atoms with van der Waals surface area (Å²) < 4.78 is 149. The standard InChI is InChI=1S/C64H130O24S/c1-4-6-8-10-12-14-16-18-21-63(61-85-23-20-60-89(65,66)67)87-58-56-84-57-59-88-64(22-19-17-15-13-11-9-7-5-2)62-86-55-54-83-53-52-82-51-50-81-49-48-80-47-46-79-45-44-78-43-42-77-41-40-76-39-38-75-37-36-74-35-34-73-33-32-72-31-30-71-29-28-70-27-26-69-25-24-68-3/h63-64H,4-62H2,1-3H3,(H,65,66,67). The smallest absolute Gasteiger partial charge is 0.264 e. The van der Waals surface area contributed by atoms with Crippen LogP contribution < -0.4 is 0 Å². The summed E-state index contributed by atoms with van der Waals surface area (Å²) in [7, 11) is -2.35. The Morgan fingerprint density at radius 3 is 0.685 bits per heavy atom. The highest BCUT2D eigenvalue weighted by atomic mass is 32.2. The topological polar surface area (TPSA) is 248 Å². The molecule has 0 aromatic rings. The van der Waals surface area contributed by atoms with Gasteiger partial charge in [0.2, 0.25) is 0 Å². The van der Waals surface area contributed by atoms with Crippen LogP contribution in [0.4, 0.5) is 0 Å². The van der Waals surface area contributed by atoms with E-state index in [9.17, 15) is 8.42 Å². The van der Waals surface area contributed by atoms with Crippen molar-refractivity contribution in [1.82, 2.24) is 0 Å². The first-order valence-electron chi connectivity index (χ1n) is 34.0. The van der Waals surface area contributed by atoms with Gasteiger partial charge in [0.05, 0.1) is 269 Å². The molecule has 1 N–H and O–H groups in total. The summed E-state index contributed by atoms with van der Waals surface area (Å²) >= 11 is 0. The van der Waals surface area contributed by atoms with Gasteiger partial charge in [0.1, 0.15) is 0 Å². The van der Waals surface area contributed by atoms with Crippen LogP contribution in [0.5, 0.6) is 0 Å². The Labute approximate surface area is 539 Å². The monoisotopic (exact) mass is 1310 g/mol. The highest BCUT2D eigenvalue weighted by molar-refractivity contribution is 7.85. The van der Waals surface area contributed by atoms with E-state index < -0.39 is 10.1 Å². The molecule has 2 atom stereocenters. The molecule has 0 aromatic carbocycles. The van der Waals surface area contributed by atoms with E-state index >= 15 is 0 Å². The van der Waals surface area contributed by atoms with Gasteiger partial charge < -0.3 is 99.5 Å². The Morgan fingerprint density at radius 2 is 0.449 bits per heavy atom. The van der Waals surface area contributed by atoms with Gasteiger partial charge in [-0.15, -0.1) is 0 Å². The molecule has 89 heavy (non-hydrogen) atoms. The largest absolute Gasteiger partial charge is 0.382 e. The van der Waals surface area contributed by atoms with Crippen molar-refractivity contribution in [2.75, 3.05) is 271 Å². The number of unbranched alkanes of at least 4 members (excludes halogenated alkanes) is 14. The zero-order chi connectivity index (χ0) is 64.2. The molecule has 0 radical (unpaired) electrons. The van der Waals surface area contributed by atoms with Crippen molar-refractivity contribution in [3.63, 3.8) is 0 Å². The molecule has 0 aliphatic rings. The highest BCUT2D eigenvalue weighted by Crippen LogP contribution is 2.14. The van der Waals surface area contributed by atoms with Crippen LogP contribution in [0, 0.1) is 0 Å². The van der Waals surface area contributed by atoms with Gasteiger partial charge >= 0.3 is 0 Å². The zero-order valence-electron chi connectivity index (χ0n) is 56.1. The van der Waals surface area contributed by atoms with Crippen molar-refractivity contribution in [3.8, 4) is 0 Å². The average Bonchev–Trinajstić information content (AvgIpc) is 3.54. The van der Waals surface area contributed by atoms with Gasteiger partial charge in [0.15, 0.2) is 0 Å². The molecule has 0 spiro atoms. The Kier molecular flexibility index (Phi) is 77.0. The summed E-state index contributed by atoms with van der Waals surface area (Å²) in [6, 6.07) is 0. The number of ether oxygens (including phenoxy) is 21. The van der Waals surface area contributed by atoms with Gasteiger partial charge in [-0.1, -0.05) is 117 Å². The van der Waals surface area contributed by atoms with Crippen molar-refractivity contribution >= 4 is 10.1 Å². The molecule has 25 heteroatoms. The van der Waals surface area contributed by atoms with Gasteiger partial charge in [-0.2, -0.15) is 8.42 Å². The van der Waals surface area contributed by atoms with Crippen molar-refractivity contribution in [1.29, 1.82) is 0 Å². The molecular formula is C64H130O24S. The molecule has 0 amide bonds. The number of rotatable bonds is 82. The molecule has 0 aliphatic carbocycles. The quantitative estimate of drug-likeness (QED) is 0.0447. The van der Waals surface area contributed by atoms with Crippen LogP contribution in [-0.2, 0) is 110 Å². The third kappa shape index (κ3) is 79.4. The second kappa shape index (κ2) is 77.8. The first-order chi connectivity index (χ1) is 43.9. The molecule has 0 bridgehead atoms. The van der Waals surface area contributed by atoms with Crippen molar-refractivity contribution < 1.29 is 112 Å². The SMILES string of the molecule is CCCCCCCCCCC(COCCCS(=O)(=O)O)OCCOCCOC(CCCCCCCCCC)COCCOCCOCCOCCOCCOCCOCCOCCOCCOCCOCCOCCOCCOCCOCCOCCOC. The second-order valence-electron chi connectivity index (χ2n) is 21.1. The van der Waals surface area contributed by atoms with Crippen molar-refractivity contribution in [2.45, 2.75) is 148 Å². The van der Waals surface area contributed by atoms with Crippen molar-refractivity contribution in [3.05, 3.63) is 0 Å². The van der Waals surface area contributed by atoms with E-state index in [1.54, 1.807) is 7.11 Å². The molecule has 0 aliphatic heterocycles. The van der Waals surface area contributed by atoms with Crippen LogP contribution in [0.3, 0.4) is 0 Å². The van der Waals surface area contributed by atoms with Gasteiger partial charge in [0, 0.05) is 13.7 Å². The lowest BCUT2D eigenvalue weighted by atomic mass is 10.1. The van der Waals surface area contributed by atoms with E-state index in [1.807, 2.05) is 0 Å². The predicted molar refractivity (Wildman–Crippen MR) is 342 cm³/mol. The van der Waals surface area contributed by atoms with E-state index in [2.05, 4.69) is 13.8 Å².